The zero-order chi connectivity index (χ0) is 11.1. The molecule has 1 aromatic rings. The van der Waals surface area contributed by atoms with E-state index < -0.39 is 0 Å². The Bertz CT molecular complexity index is 289. The minimum Gasteiger partial charge on any atom is -0.399 e. The second kappa shape index (κ2) is 6.30. The molecule has 2 N–H and O–H groups in total. The molecule has 0 fully saturated rings. The van der Waals surface area contributed by atoms with Crippen LogP contribution in [0, 0.1) is 0 Å². The molecule has 0 saturated heterocycles. The van der Waals surface area contributed by atoms with E-state index >= 15 is 0 Å². The van der Waals surface area contributed by atoms with E-state index in [1.807, 2.05) is 25.2 Å². The van der Waals surface area contributed by atoms with Crippen molar-refractivity contribution in [2.24, 2.45) is 0 Å². The fraction of sp³-hybridized carbons (Fsp3) is 0.500. The molecule has 1 aromatic carbocycles. The highest BCUT2D eigenvalue weighted by Gasteiger charge is 2.00. The summed E-state index contributed by atoms with van der Waals surface area (Å²) in [6, 6.07) is 7.88. The molecule has 0 saturated carbocycles. The molecule has 3 nitrogen and oxygen atoms in total. The highest BCUT2D eigenvalue weighted by atomic mass is 16.5. The molecule has 0 spiro atoms. The molecule has 84 valence electrons. The third-order valence-corrected chi connectivity index (χ3v) is 2.23. The first-order valence-electron chi connectivity index (χ1n) is 5.38. The fourth-order valence-electron chi connectivity index (χ4n) is 1.34. The number of hydrogen-bond acceptors (Lipinski definition) is 3. The van der Waals surface area contributed by atoms with Crippen LogP contribution in [0.1, 0.15) is 13.3 Å². The van der Waals surface area contributed by atoms with Gasteiger partial charge in [-0.25, -0.2) is 0 Å². The third kappa shape index (κ3) is 4.21. The van der Waals surface area contributed by atoms with Gasteiger partial charge >= 0.3 is 0 Å². The van der Waals surface area contributed by atoms with Crippen LogP contribution in [0.3, 0.4) is 0 Å². The number of ether oxygens (including phenoxy) is 1. The minimum atomic E-state index is 0.763. The maximum Gasteiger partial charge on any atom is 0.0641 e. The zero-order valence-electron chi connectivity index (χ0n) is 9.57. The molecule has 0 aliphatic rings. The van der Waals surface area contributed by atoms with E-state index in [-0.39, 0.29) is 0 Å². The number of benzene rings is 1. The van der Waals surface area contributed by atoms with Gasteiger partial charge < -0.3 is 15.4 Å². The number of likely N-dealkylation sites (N-methyl/N-ethyl adjacent to an activating group) is 1. The summed E-state index contributed by atoms with van der Waals surface area (Å²) in [5.74, 6) is 0. The van der Waals surface area contributed by atoms with Crippen LogP contribution < -0.4 is 10.6 Å². The summed E-state index contributed by atoms with van der Waals surface area (Å²) in [6.45, 7) is 4.61. The number of nitrogens with zero attached hydrogens (tertiary/aromatic N) is 1. The maximum atomic E-state index is 5.71. The van der Waals surface area contributed by atoms with Crippen molar-refractivity contribution in [3.8, 4) is 0 Å². The van der Waals surface area contributed by atoms with Crippen molar-refractivity contribution in [3.05, 3.63) is 24.3 Å². The van der Waals surface area contributed by atoms with Crippen LogP contribution in [0.25, 0.3) is 0 Å². The predicted molar refractivity (Wildman–Crippen MR) is 65.2 cm³/mol. The Morgan fingerprint density at radius 1 is 1.33 bits per heavy atom. The van der Waals surface area contributed by atoms with Gasteiger partial charge in [0.05, 0.1) is 6.61 Å². The van der Waals surface area contributed by atoms with Gasteiger partial charge in [0.15, 0.2) is 0 Å². The van der Waals surface area contributed by atoms with Gasteiger partial charge in [0.2, 0.25) is 0 Å². The number of nitrogen functional groups attached to an aromatic ring is 1. The first kappa shape index (κ1) is 11.9. The molecule has 0 aromatic heterocycles. The fourth-order valence-corrected chi connectivity index (χ4v) is 1.34. The van der Waals surface area contributed by atoms with Crippen LogP contribution in [0.5, 0.6) is 0 Å². The number of rotatable bonds is 6. The molecule has 0 radical (unpaired) electrons. The van der Waals surface area contributed by atoms with Crippen LogP contribution in [-0.2, 0) is 4.74 Å². The predicted octanol–water partition coefficient (Wildman–Crippen LogP) is 2.13. The summed E-state index contributed by atoms with van der Waals surface area (Å²) in [5, 5.41) is 0. The molecule has 0 aliphatic heterocycles. The minimum absolute atomic E-state index is 0.763. The van der Waals surface area contributed by atoms with Gasteiger partial charge in [0.25, 0.3) is 0 Å². The lowest BCUT2D eigenvalue weighted by atomic mass is 10.2. The van der Waals surface area contributed by atoms with Crippen LogP contribution >= 0.6 is 0 Å². The largest absolute Gasteiger partial charge is 0.399 e. The Labute approximate surface area is 91.8 Å². The van der Waals surface area contributed by atoms with Crippen molar-refractivity contribution in [1.82, 2.24) is 0 Å². The SMILES string of the molecule is CCCOCCN(C)c1cccc(N)c1. The summed E-state index contributed by atoms with van der Waals surface area (Å²) in [7, 11) is 2.05. The Hall–Kier alpha value is -1.22. The van der Waals surface area contributed by atoms with Gasteiger partial charge in [-0.05, 0) is 24.6 Å². The van der Waals surface area contributed by atoms with Crippen molar-refractivity contribution in [3.63, 3.8) is 0 Å². The smallest absolute Gasteiger partial charge is 0.0641 e. The first-order chi connectivity index (χ1) is 7.24. The van der Waals surface area contributed by atoms with E-state index in [0.717, 1.165) is 37.6 Å². The lowest BCUT2D eigenvalue weighted by molar-refractivity contribution is 0.141. The summed E-state index contributed by atoms with van der Waals surface area (Å²) >= 11 is 0. The normalized spacial score (nSPS) is 10.3. The summed E-state index contributed by atoms with van der Waals surface area (Å²) < 4.78 is 5.43. The van der Waals surface area contributed by atoms with E-state index in [0.29, 0.717) is 0 Å². The van der Waals surface area contributed by atoms with Gasteiger partial charge in [0, 0.05) is 31.6 Å². The lowest BCUT2D eigenvalue weighted by Crippen LogP contribution is -2.22. The summed E-state index contributed by atoms with van der Waals surface area (Å²) in [6.07, 6.45) is 1.07. The second-order valence-corrected chi connectivity index (χ2v) is 3.63. The average molecular weight is 208 g/mol. The standard InChI is InChI=1S/C12H20N2O/c1-3-8-15-9-7-14(2)12-6-4-5-11(13)10-12/h4-6,10H,3,7-9,13H2,1-2H3. The molecule has 1 rings (SSSR count). The molecule has 0 heterocycles. The molecule has 0 aliphatic carbocycles. The number of nitrogens with two attached hydrogens (primary N) is 1. The topological polar surface area (TPSA) is 38.5 Å². The average Bonchev–Trinajstić information content (AvgIpc) is 2.24. The van der Waals surface area contributed by atoms with Crippen molar-refractivity contribution >= 4 is 11.4 Å². The third-order valence-electron chi connectivity index (χ3n) is 2.23. The van der Waals surface area contributed by atoms with Crippen molar-refractivity contribution < 1.29 is 4.74 Å². The monoisotopic (exact) mass is 208 g/mol. The quantitative estimate of drug-likeness (QED) is 0.575. The van der Waals surface area contributed by atoms with Crippen LogP contribution in [0.15, 0.2) is 24.3 Å². The lowest BCUT2D eigenvalue weighted by Gasteiger charge is -2.19. The molecule has 0 amide bonds. The van der Waals surface area contributed by atoms with Crippen molar-refractivity contribution in [2.75, 3.05) is 37.4 Å². The van der Waals surface area contributed by atoms with Crippen molar-refractivity contribution in [2.45, 2.75) is 13.3 Å². The van der Waals surface area contributed by atoms with Gasteiger partial charge in [-0.2, -0.15) is 0 Å². The summed E-state index contributed by atoms with van der Waals surface area (Å²) in [4.78, 5) is 2.14. The molecular formula is C12H20N2O. The second-order valence-electron chi connectivity index (χ2n) is 3.63. The van der Waals surface area contributed by atoms with Gasteiger partial charge in [0.1, 0.15) is 0 Å². The molecule has 0 atom stereocenters. The van der Waals surface area contributed by atoms with E-state index in [1.165, 1.54) is 0 Å². The molecule has 15 heavy (non-hydrogen) atoms. The Morgan fingerprint density at radius 3 is 2.80 bits per heavy atom. The molecule has 0 bridgehead atoms. The highest BCUT2D eigenvalue weighted by Crippen LogP contribution is 2.15. The Morgan fingerprint density at radius 2 is 2.13 bits per heavy atom. The summed E-state index contributed by atoms with van der Waals surface area (Å²) in [5.41, 5.74) is 7.65. The van der Waals surface area contributed by atoms with Gasteiger partial charge in [-0.1, -0.05) is 13.0 Å². The van der Waals surface area contributed by atoms with Gasteiger partial charge in [-0.3, -0.25) is 0 Å². The Kier molecular flexibility index (Phi) is 4.98. The van der Waals surface area contributed by atoms with E-state index in [1.54, 1.807) is 0 Å². The van der Waals surface area contributed by atoms with Gasteiger partial charge in [-0.15, -0.1) is 0 Å². The van der Waals surface area contributed by atoms with Crippen molar-refractivity contribution in [1.29, 1.82) is 0 Å². The van der Waals surface area contributed by atoms with Crippen LogP contribution in [-0.4, -0.2) is 26.8 Å². The van der Waals surface area contributed by atoms with E-state index in [4.69, 9.17) is 10.5 Å². The Balaban J connectivity index is 2.36. The van der Waals surface area contributed by atoms with E-state index in [2.05, 4.69) is 17.9 Å². The highest BCUT2D eigenvalue weighted by molar-refractivity contribution is 5.55. The van der Waals surface area contributed by atoms with Crippen LogP contribution in [0.4, 0.5) is 11.4 Å². The molecule has 3 heteroatoms. The zero-order valence-corrected chi connectivity index (χ0v) is 9.57. The maximum absolute atomic E-state index is 5.71. The van der Waals surface area contributed by atoms with Crippen LogP contribution in [0.2, 0.25) is 0 Å². The number of anilines is 2. The molecular weight excluding hydrogens is 188 g/mol. The first-order valence-corrected chi connectivity index (χ1v) is 5.38. The van der Waals surface area contributed by atoms with E-state index in [9.17, 15) is 0 Å². The number of hydrogen-bond donors (Lipinski definition) is 1. The molecule has 0 unspecified atom stereocenters.